The third-order valence-electron chi connectivity index (χ3n) is 4.00. The summed E-state index contributed by atoms with van der Waals surface area (Å²) in [5, 5.41) is 0. The smallest absolute Gasteiger partial charge is 0.254 e. The van der Waals surface area contributed by atoms with Gasteiger partial charge in [-0.05, 0) is 50.7 Å². The molecule has 0 saturated carbocycles. The van der Waals surface area contributed by atoms with E-state index >= 15 is 0 Å². The fourth-order valence-corrected chi connectivity index (χ4v) is 3.17. The van der Waals surface area contributed by atoms with Crippen LogP contribution in [0.25, 0.3) is 0 Å². The minimum atomic E-state index is 0.202. The molecular formula is C16H22ClNO. The van der Waals surface area contributed by atoms with Crippen LogP contribution in [-0.4, -0.2) is 29.3 Å². The number of nitrogens with zero attached hydrogens (tertiary/aromatic N) is 1. The zero-order valence-electron chi connectivity index (χ0n) is 11.8. The maximum absolute atomic E-state index is 12.8. The van der Waals surface area contributed by atoms with Crippen LogP contribution in [0.1, 0.15) is 47.2 Å². The fourth-order valence-electron chi connectivity index (χ4n) is 3.01. The first-order chi connectivity index (χ1) is 9.15. The molecule has 104 valence electrons. The highest BCUT2D eigenvalue weighted by molar-refractivity contribution is 6.17. The molecule has 1 aromatic carbocycles. The Hall–Kier alpha value is -1.02. The summed E-state index contributed by atoms with van der Waals surface area (Å²) in [6.45, 7) is 4.92. The fraction of sp³-hybridized carbons (Fsp3) is 0.562. The zero-order chi connectivity index (χ0) is 13.8. The highest BCUT2D eigenvalue weighted by Gasteiger charge is 2.30. The van der Waals surface area contributed by atoms with Gasteiger partial charge in [-0.15, -0.1) is 11.6 Å². The van der Waals surface area contributed by atoms with Crippen molar-refractivity contribution in [3.63, 3.8) is 0 Å². The van der Waals surface area contributed by atoms with E-state index in [4.69, 9.17) is 11.6 Å². The molecule has 0 aromatic heterocycles. The van der Waals surface area contributed by atoms with Crippen molar-refractivity contribution >= 4 is 17.5 Å². The van der Waals surface area contributed by atoms with Crippen LogP contribution in [0.3, 0.4) is 0 Å². The Morgan fingerprint density at radius 1 is 1.37 bits per heavy atom. The van der Waals surface area contributed by atoms with Gasteiger partial charge in [-0.1, -0.05) is 18.2 Å². The van der Waals surface area contributed by atoms with Crippen molar-refractivity contribution < 1.29 is 4.79 Å². The minimum Gasteiger partial charge on any atom is -0.336 e. The predicted molar refractivity (Wildman–Crippen MR) is 79.9 cm³/mol. The van der Waals surface area contributed by atoms with Crippen molar-refractivity contribution in [2.45, 2.75) is 45.6 Å². The number of halogens is 1. The van der Waals surface area contributed by atoms with Gasteiger partial charge in [-0.3, -0.25) is 4.79 Å². The lowest BCUT2D eigenvalue weighted by Gasteiger charge is -2.26. The molecule has 1 saturated heterocycles. The number of likely N-dealkylation sites (tertiary alicyclic amines) is 1. The van der Waals surface area contributed by atoms with Gasteiger partial charge in [0.1, 0.15) is 0 Å². The van der Waals surface area contributed by atoms with Crippen LogP contribution in [-0.2, 0) is 0 Å². The molecule has 1 aliphatic rings. The van der Waals surface area contributed by atoms with E-state index in [2.05, 4.69) is 4.90 Å². The Morgan fingerprint density at radius 2 is 2.05 bits per heavy atom. The monoisotopic (exact) mass is 279 g/mol. The van der Waals surface area contributed by atoms with Gasteiger partial charge in [-0.25, -0.2) is 0 Å². The molecule has 1 unspecified atom stereocenters. The van der Waals surface area contributed by atoms with E-state index in [9.17, 15) is 4.79 Å². The van der Waals surface area contributed by atoms with Crippen molar-refractivity contribution in [1.82, 2.24) is 4.90 Å². The molecule has 1 aliphatic heterocycles. The van der Waals surface area contributed by atoms with Gasteiger partial charge in [0.15, 0.2) is 0 Å². The van der Waals surface area contributed by atoms with Crippen LogP contribution >= 0.6 is 11.6 Å². The van der Waals surface area contributed by atoms with Crippen LogP contribution in [0, 0.1) is 13.8 Å². The SMILES string of the molecule is Cc1cccc(C)c1C(=O)N1CCCC1CCCCl. The molecule has 2 nitrogen and oxygen atoms in total. The second kappa shape index (κ2) is 6.42. The summed E-state index contributed by atoms with van der Waals surface area (Å²) in [5.74, 6) is 0.884. The summed E-state index contributed by atoms with van der Waals surface area (Å²) in [5.41, 5.74) is 3.04. The van der Waals surface area contributed by atoms with E-state index < -0.39 is 0 Å². The zero-order valence-corrected chi connectivity index (χ0v) is 12.5. The number of aryl methyl sites for hydroxylation is 2. The number of hydrogen-bond donors (Lipinski definition) is 0. The van der Waals surface area contributed by atoms with Crippen LogP contribution in [0.4, 0.5) is 0 Å². The number of rotatable bonds is 4. The number of hydrogen-bond acceptors (Lipinski definition) is 1. The Morgan fingerprint density at radius 3 is 2.68 bits per heavy atom. The molecule has 3 heteroatoms. The highest BCUT2D eigenvalue weighted by Crippen LogP contribution is 2.26. The molecule has 19 heavy (non-hydrogen) atoms. The van der Waals surface area contributed by atoms with Gasteiger partial charge in [-0.2, -0.15) is 0 Å². The molecule has 1 heterocycles. The molecule has 0 radical (unpaired) electrons. The van der Waals surface area contributed by atoms with Gasteiger partial charge in [0.2, 0.25) is 0 Å². The Labute approximate surface area is 120 Å². The molecule has 1 fully saturated rings. The standard InChI is InChI=1S/C16H22ClNO/c1-12-6-3-7-13(2)15(12)16(19)18-11-5-9-14(18)8-4-10-17/h3,6-7,14H,4-5,8-11H2,1-2H3. The van der Waals surface area contributed by atoms with Crippen molar-refractivity contribution in [2.75, 3.05) is 12.4 Å². The quantitative estimate of drug-likeness (QED) is 0.765. The maximum atomic E-state index is 12.8. The molecule has 1 aromatic rings. The van der Waals surface area contributed by atoms with Gasteiger partial charge < -0.3 is 4.90 Å². The van der Waals surface area contributed by atoms with Crippen LogP contribution in [0.2, 0.25) is 0 Å². The second-order valence-corrected chi connectivity index (χ2v) is 5.77. The highest BCUT2D eigenvalue weighted by atomic mass is 35.5. The molecule has 1 amide bonds. The van der Waals surface area contributed by atoms with Gasteiger partial charge in [0.05, 0.1) is 0 Å². The summed E-state index contributed by atoms with van der Waals surface area (Å²) in [4.78, 5) is 14.8. The third-order valence-corrected chi connectivity index (χ3v) is 4.27. The number of benzene rings is 1. The summed E-state index contributed by atoms with van der Waals surface area (Å²) in [6.07, 6.45) is 4.25. The Balaban J connectivity index is 2.18. The topological polar surface area (TPSA) is 20.3 Å². The third kappa shape index (κ3) is 3.11. The molecule has 0 spiro atoms. The summed E-state index contributed by atoms with van der Waals surface area (Å²) >= 11 is 5.77. The first-order valence-electron chi connectivity index (χ1n) is 7.08. The predicted octanol–water partition coefficient (Wildman–Crippen LogP) is 3.93. The number of carbonyl (C=O) groups excluding carboxylic acids is 1. The van der Waals surface area contributed by atoms with Crippen molar-refractivity contribution in [2.24, 2.45) is 0 Å². The van der Waals surface area contributed by atoms with Crippen molar-refractivity contribution in [3.8, 4) is 0 Å². The van der Waals surface area contributed by atoms with E-state index in [0.29, 0.717) is 11.9 Å². The lowest BCUT2D eigenvalue weighted by molar-refractivity contribution is 0.0728. The van der Waals surface area contributed by atoms with Crippen LogP contribution in [0.5, 0.6) is 0 Å². The summed E-state index contributed by atoms with van der Waals surface area (Å²) < 4.78 is 0. The lowest BCUT2D eigenvalue weighted by atomic mass is 10.0. The van der Waals surface area contributed by atoms with E-state index in [1.165, 1.54) is 0 Å². The normalized spacial score (nSPS) is 18.9. The van der Waals surface area contributed by atoms with Crippen molar-refractivity contribution in [1.29, 1.82) is 0 Å². The van der Waals surface area contributed by atoms with E-state index in [-0.39, 0.29) is 5.91 Å². The van der Waals surface area contributed by atoms with Crippen LogP contribution in [0.15, 0.2) is 18.2 Å². The minimum absolute atomic E-state index is 0.202. The molecular weight excluding hydrogens is 258 g/mol. The van der Waals surface area contributed by atoms with Gasteiger partial charge in [0.25, 0.3) is 5.91 Å². The first-order valence-corrected chi connectivity index (χ1v) is 7.61. The number of alkyl halides is 1. The van der Waals surface area contributed by atoms with Gasteiger partial charge in [0, 0.05) is 24.0 Å². The number of carbonyl (C=O) groups is 1. The van der Waals surface area contributed by atoms with E-state index in [0.717, 1.165) is 48.9 Å². The maximum Gasteiger partial charge on any atom is 0.254 e. The number of amides is 1. The Kier molecular flexibility index (Phi) is 4.87. The molecule has 0 N–H and O–H groups in total. The Bertz CT molecular complexity index is 438. The first kappa shape index (κ1) is 14.4. The van der Waals surface area contributed by atoms with E-state index in [1.807, 2.05) is 32.0 Å². The van der Waals surface area contributed by atoms with Crippen molar-refractivity contribution in [3.05, 3.63) is 34.9 Å². The van der Waals surface area contributed by atoms with Gasteiger partial charge >= 0.3 is 0 Å². The average Bonchev–Trinajstić information content (AvgIpc) is 2.84. The second-order valence-electron chi connectivity index (χ2n) is 5.39. The van der Waals surface area contributed by atoms with E-state index in [1.54, 1.807) is 0 Å². The lowest BCUT2D eigenvalue weighted by Crippen LogP contribution is -2.36. The largest absolute Gasteiger partial charge is 0.336 e. The van der Waals surface area contributed by atoms with Crippen LogP contribution < -0.4 is 0 Å². The summed E-state index contributed by atoms with van der Waals surface area (Å²) in [7, 11) is 0. The molecule has 0 aliphatic carbocycles. The average molecular weight is 280 g/mol. The summed E-state index contributed by atoms with van der Waals surface area (Å²) in [6, 6.07) is 6.43. The molecule has 0 bridgehead atoms. The molecule has 1 atom stereocenters. The molecule has 2 rings (SSSR count).